The Balaban J connectivity index is 1.44. The van der Waals surface area contributed by atoms with Crippen molar-refractivity contribution in [3.63, 3.8) is 0 Å². The van der Waals surface area contributed by atoms with Crippen LogP contribution in [0.2, 0.25) is 5.15 Å². The number of ether oxygens (including phenoxy) is 2. The van der Waals surface area contributed by atoms with E-state index in [1.165, 1.54) is 11.0 Å². The molecule has 1 saturated heterocycles. The number of nitrogens with one attached hydrogen (secondary N) is 3. The normalized spacial score (nSPS) is 24.5. The molecule has 16 heteroatoms. The third kappa shape index (κ3) is 7.93. The first kappa shape index (κ1) is 36.3. The molecule has 0 radical (unpaired) electrons. The minimum absolute atomic E-state index is 0.0175. The molecule has 5 atom stereocenters. The van der Waals surface area contributed by atoms with E-state index in [4.69, 9.17) is 21.1 Å². The molecule has 1 aliphatic heterocycles. The van der Waals surface area contributed by atoms with Crippen molar-refractivity contribution in [2.75, 3.05) is 6.54 Å². The van der Waals surface area contributed by atoms with Gasteiger partial charge in [0.05, 0.1) is 11.8 Å². The van der Waals surface area contributed by atoms with E-state index in [-0.39, 0.29) is 30.4 Å². The Bertz CT molecular complexity index is 1790. The maximum absolute atomic E-state index is 14.4. The number of fused-ring (bicyclic) bond motifs is 1. The van der Waals surface area contributed by atoms with Gasteiger partial charge in [0.25, 0.3) is 5.91 Å². The average molecular weight is 719 g/mol. The Labute approximate surface area is 290 Å². The first-order valence-corrected chi connectivity index (χ1v) is 18.1. The number of hydrogen-bond acceptors (Lipinski definition) is 10. The predicted molar refractivity (Wildman–Crippen MR) is 181 cm³/mol. The molecule has 2 saturated carbocycles. The number of hydrogen-bond donors (Lipinski definition) is 3. The lowest BCUT2D eigenvalue weighted by molar-refractivity contribution is -0.143. The molecule has 0 unspecified atom stereocenters. The summed E-state index contributed by atoms with van der Waals surface area (Å²) in [6, 6.07) is 4.78. The minimum atomic E-state index is -3.90. The van der Waals surface area contributed by atoms with Gasteiger partial charge in [-0.3, -0.25) is 19.1 Å². The number of rotatable bonds is 10. The summed E-state index contributed by atoms with van der Waals surface area (Å²) in [5, 5.41) is 14.2. The number of halogens is 1. The third-order valence-corrected chi connectivity index (χ3v) is 10.9. The zero-order chi connectivity index (χ0) is 36.1. The number of carbonyl (C=O) groups is 4. The van der Waals surface area contributed by atoms with E-state index in [0.29, 0.717) is 23.6 Å². The molecule has 2 aliphatic carbocycles. The van der Waals surface area contributed by atoms with Gasteiger partial charge in [0.2, 0.25) is 27.7 Å². The van der Waals surface area contributed by atoms with E-state index < -0.39 is 79.7 Å². The summed E-state index contributed by atoms with van der Waals surface area (Å²) in [7, 11) is -3.90. The molecule has 2 aromatic rings. The molecule has 49 heavy (non-hydrogen) atoms. The molecule has 3 N–H and O–H groups in total. The van der Waals surface area contributed by atoms with Crippen LogP contribution in [0, 0.1) is 11.3 Å². The number of likely N-dealkylation sites (tertiary alicyclic amines) is 1. The van der Waals surface area contributed by atoms with Gasteiger partial charge in [-0.05, 0) is 51.5 Å². The fraction of sp³-hybridized carbons (Fsp3) is 0.576. The van der Waals surface area contributed by atoms with E-state index in [0.717, 1.165) is 0 Å². The first-order chi connectivity index (χ1) is 22.8. The van der Waals surface area contributed by atoms with Crippen molar-refractivity contribution >= 4 is 56.2 Å². The van der Waals surface area contributed by atoms with Crippen molar-refractivity contribution < 1.29 is 37.1 Å². The Morgan fingerprint density at radius 2 is 1.73 bits per heavy atom. The maximum atomic E-state index is 14.4. The lowest BCUT2D eigenvalue weighted by Crippen LogP contribution is -2.60. The Kier molecular flexibility index (Phi) is 9.67. The highest BCUT2D eigenvalue weighted by atomic mass is 35.5. The van der Waals surface area contributed by atoms with Crippen molar-refractivity contribution in [3.8, 4) is 5.88 Å². The van der Waals surface area contributed by atoms with Gasteiger partial charge >= 0.3 is 6.09 Å². The van der Waals surface area contributed by atoms with Gasteiger partial charge in [-0.2, -0.15) is 0 Å². The zero-order valence-corrected chi connectivity index (χ0v) is 30.0. The van der Waals surface area contributed by atoms with Gasteiger partial charge in [-0.25, -0.2) is 13.2 Å². The molecule has 4 amide bonds. The second kappa shape index (κ2) is 13.0. The number of sulfonamides is 1. The zero-order valence-electron chi connectivity index (χ0n) is 28.4. The molecular weight excluding hydrogens is 676 g/mol. The van der Waals surface area contributed by atoms with Crippen molar-refractivity contribution in [1.82, 2.24) is 30.5 Å². The molecule has 5 rings (SSSR count). The fourth-order valence-corrected chi connectivity index (χ4v) is 7.49. The van der Waals surface area contributed by atoms with E-state index in [2.05, 4.69) is 32.1 Å². The lowest BCUT2D eigenvalue weighted by Gasteiger charge is -2.36. The number of carbonyl (C=O) groups excluding carboxylic acids is 4. The minimum Gasteiger partial charge on any atom is -0.471 e. The van der Waals surface area contributed by atoms with Crippen LogP contribution in [0.15, 0.2) is 36.9 Å². The molecule has 0 bridgehead atoms. The van der Waals surface area contributed by atoms with Crippen molar-refractivity contribution in [1.29, 1.82) is 0 Å². The first-order valence-electron chi connectivity index (χ1n) is 16.1. The van der Waals surface area contributed by atoms with Gasteiger partial charge in [0.1, 0.15) is 29.3 Å². The Morgan fingerprint density at radius 1 is 1.08 bits per heavy atom. The third-order valence-electron chi connectivity index (χ3n) is 8.76. The summed E-state index contributed by atoms with van der Waals surface area (Å²) in [6.07, 6.45) is 0.922. The van der Waals surface area contributed by atoms with Gasteiger partial charge in [0.15, 0.2) is 5.15 Å². The Hall–Kier alpha value is -3.98. The second-order valence-electron chi connectivity index (χ2n) is 15.0. The second-order valence-corrected chi connectivity index (χ2v) is 17.3. The molecule has 266 valence electrons. The Morgan fingerprint density at radius 3 is 2.31 bits per heavy atom. The summed E-state index contributed by atoms with van der Waals surface area (Å²) in [5.41, 5.74) is -3.22. The smallest absolute Gasteiger partial charge is 0.408 e. The number of benzene rings is 1. The molecule has 3 aliphatic rings. The fourth-order valence-electron chi connectivity index (χ4n) is 5.93. The van der Waals surface area contributed by atoms with Crippen molar-refractivity contribution in [2.24, 2.45) is 11.3 Å². The summed E-state index contributed by atoms with van der Waals surface area (Å²) in [5.74, 6) is -2.52. The maximum Gasteiger partial charge on any atom is 0.408 e. The number of alkyl carbamates (subject to hydrolysis) is 1. The van der Waals surface area contributed by atoms with Crippen LogP contribution in [-0.2, 0) is 29.1 Å². The largest absolute Gasteiger partial charge is 0.471 e. The molecule has 14 nitrogen and oxygen atoms in total. The molecule has 1 aromatic heterocycles. The van der Waals surface area contributed by atoms with E-state index in [1.54, 1.807) is 65.8 Å². The van der Waals surface area contributed by atoms with Gasteiger partial charge in [-0.1, -0.05) is 56.6 Å². The molecule has 2 heterocycles. The van der Waals surface area contributed by atoms with Crippen LogP contribution in [0.1, 0.15) is 67.2 Å². The molecule has 1 aromatic carbocycles. The monoisotopic (exact) mass is 718 g/mol. The van der Waals surface area contributed by atoms with Crippen LogP contribution in [-0.4, -0.2) is 88.5 Å². The highest BCUT2D eigenvalue weighted by molar-refractivity contribution is 7.91. The lowest BCUT2D eigenvalue weighted by atomic mass is 9.85. The summed E-state index contributed by atoms with van der Waals surface area (Å²) >= 11 is 6.25. The van der Waals surface area contributed by atoms with Crippen LogP contribution in [0.25, 0.3) is 10.8 Å². The van der Waals surface area contributed by atoms with Crippen molar-refractivity contribution in [3.05, 3.63) is 42.1 Å². The predicted octanol–water partition coefficient (Wildman–Crippen LogP) is 3.24. The van der Waals surface area contributed by atoms with E-state index in [1.807, 2.05) is 0 Å². The summed E-state index contributed by atoms with van der Waals surface area (Å²) in [6.45, 7) is 14.0. The topological polar surface area (TPSA) is 186 Å². The van der Waals surface area contributed by atoms with Gasteiger partial charge in [0, 0.05) is 23.1 Å². The molecule has 0 spiro atoms. The van der Waals surface area contributed by atoms with Gasteiger partial charge in [-0.15, -0.1) is 16.8 Å². The van der Waals surface area contributed by atoms with Crippen LogP contribution in [0.5, 0.6) is 5.88 Å². The standard InChI is InChI=1S/C33H43ClN6O8S/c1-8-18-16-33(18,29(43)39-49(45,46)20-13-14-20)36-26(41)23-15-19(47-27-22-12-10-9-11-21(22)25(34)37-38-27)17-40(23)28(42)24(31(2,3)4)35-30(44)48-32(5,6)7/h8-12,18-20,23-24H,1,13-17H2,2-7H3,(H,35,44)(H,36,41)(H,39,43)/t18-,19-,23-,24-,33+/m1/s1. The molecule has 3 fully saturated rings. The van der Waals surface area contributed by atoms with E-state index in [9.17, 15) is 27.6 Å². The summed E-state index contributed by atoms with van der Waals surface area (Å²) < 4.78 is 39.1. The van der Waals surface area contributed by atoms with Crippen LogP contribution < -0.4 is 20.1 Å². The average Bonchev–Trinajstić information content (AvgIpc) is 3.92. The van der Waals surface area contributed by atoms with Crippen LogP contribution >= 0.6 is 11.6 Å². The number of amides is 4. The number of aromatic nitrogens is 2. The SMILES string of the molecule is C=C[C@@H]1C[C@@]1(NC(=O)[C@H]1C[C@@H](Oc2nnc(Cl)c3ccccc23)CN1C(=O)[C@@H](NC(=O)OC(C)(C)C)C(C)(C)C)C(=O)NS(=O)(=O)C1CC1. The van der Waals surface area contributed by atoms with Crippen LogP contribution in [0.4, 0.5) is 4.79 Å². The highest BCUT2D eigenvalue weighted by Gasteiger charge is 2.62. The highest BCUT2D eigenvalue weighted by Crippen LogP contribution is 2.45. The molecular formula is C33H43ClN6O8S. The van der Waals surface area contributed by atoms with Crippen molar-refractivity contribution in [2.45, 2.75) is 102 Å². The van der Waals surface area contributed by atoms with Gasteiger partial charge < -0.3 is 25.0 Å². The quantitative estimate of drug-likeness (QED) is 0.308. The number of nitrogens with zero attached hydrogens (tertiary/aromatic N) is 3. The van der Waals surface area contributed by atoms with Crippen LogP contribution in [0.3, 0.4) is 0 Å². The summed E-state index contributed by atoms with van der Waals surface area (Å²) in [4.78, 5) is 56.1. The van der Waals surface area contributed by atoms with E-state index >= 15 is 0 Å².